The average Bonchev–Trinajstić information content (AvgIpc) is 3.58. The molecule has 234 valence electrons. The lowest BCUT2D eigenvalue weighted by Crippen LogP contribution is -2.03. The van der Waals surface area contributed by atoms with Gasteiger partial charge in [-0.1, -0.05) is 182 Å². The summed E-state index contributed by atoms with van der Waals surface area (Å²) in [5.41, 5.74) is 10.4. The molecule has 1 unspecified atom stereocenters. The molecular formula is C49H32O. The van der Waals surface area contributed by atoms with Crippen molar-refractivity contribution in [2.45, 2.75) is 5.92 Å². The average molecular weight is 637 g/mol. The van der Waals surface area contributed by atoms with E-state index in [0.717, 1.165) is 38.5 Å². The minimum atomic E-state index is 0.103. The molecule has 0 fully saturated rings. The van der Waals surface area contributed by atoms with Crippen LogP contribution in [0, 0.1) is 0 Å². The van der Waals surface area contributed by atoms with Crippen molar-refractivity contribution in [3.63, 3.8) is 0 Å². The maximum Gasteiger partial charge on any atom is 0.143 e. The first kappa shape index (κ1) is 28.6. The fraction of sp³-hybridized carbons (Fsp3) is 0.0204. The largest absolute Gasteiger partial charge is 0.455 e. The van der Waals surface area contributed by atoms with Gasteiger partial charge in [0.1, 0.15) is 11.2 Å². The van der Waals surface area contributed by atoms with E-state index in [1.165, 1.54) is 54.7 Å². The quantitative estimate of drug-likeness (QED) is 0.135. The summed E-state index contributed by atoms with van der Waals surface area (Å²) in [6, 6.07) is 68.2. The van der Waals surface area contributed by atoms with Gasteiger partial charge in [-0.25, -0.2) is 0 Å². The zero-order valence-electron chi connectivity index (χ0n) is 27.4. The summed E-state index contributed by atoms with van der Waals surface area (Å²) in [6.07, 6.45) is 0. The first-order valence-corrected chi connectivity index (χ1v) is 17.3. The Morgan fingerprint density at radius 3 is 1.70 bits per heavy atom. The summed E-state index contributed by atoms with van der Waals surface area (Å²) in [6.45, 7) is 0. The summed E-state index contributed by atoms with van der Waals surface area (Å²) in [5, 5.41) is 9.73. The SMILES string of the molecule is c1ccc(-c2cc3c4cccc(-c5ccc(C(c6ccccc6)c6ccc7c(ccc8ccccc87)c6)cc5)c4oc3c3ccccc23)cc1. The second-order valence-electron chi connectivity index (χ2n) is 13.2. The highest BCUT2D eigenvalue weighted by atomic mass is 16.3. The standard InChI is InChI=1S/C49H32O/c1-3-12-32(13-4-1)45-31-46-44-21-11-20-41(48(44)50-49(46)43-19-10-9-18-42(43)45)34-22-25-36(26-23-34)47(35-15-5-2-6-16-35)38-28-29-40-37(30-38)27-24-33-14-7-8-17-39(33)40/h1-31,47H. The molecule has 0 spiro atoms. The third-order valence-electron chi connectivity index (χ3n) is 10.4. The summed E-state index contributed by atoms with van der Waals surface area (Å²) >= 11 is 0. The molecule has 10 aromatic rings. The Morgan fingerprint density at radius 2 is 0.880 bits per heavy atom. The van der Waals surface area contributed by atoms with Crippen molar-refractivity contribution in [2.75, 3.05) is 0 Å². The third-order valence-corrected chi connectivity index (χ3v) is 10.4. The predicted molar refractivity (Wildman–Crippen MR) is 211 cm³/mol. The lowest BCUT2D eigenvalue weighted by Gasteiger charge is -2.20. The van der Waals surface area contributed by atoms with Gasteiger partial charge in [-0.3, -0.25) is 0 Å². The van der Waals surface area contributed by atoms with Crippen LogP contribution in [0.4, 0.5) is 0 Å². The molecule has 1 heteroatoms. The first-order valence-electron chi connectivity index (χ1n) is 17.3. The van der Waals surface area contributed by atoms with Gasteiger partial charge in [0.05, 0.1) is 0 Å². The molecule has 0 aliphatic rings. The van der Waals surface area contributed by atoms with Gasteiger partial charge in [-0.2, -0.15) is 0 Å². The fourth-order valence-electron chi connectivity index (χ4n) is 7.99. The zero-order chi connectivity index (χ0) is 33.0. The van der Waals surface area contributed by atoms with Crippen LogP contribution in [0.2, 0.25) is 0 Å². The molecule has 1 aromatic heterocycles. The molecule has 0 radical (unpaired) electrons. The lowest BCUT2D eigenvalue weighted by molar-refractivity contribution is 0.674. The smallest absolute Gasteiger partial charge is 0.143 e. The normalized spacial score (nSPS) is 12.3. The minimum absolute atomic E-state index is 0.103. The highest BCUT2D eigenvalue weighted by molar-refractivity contribution is 6.20. The molecule has 10 rings (SSSR count). The van der Waals surface area contributed by atoms with Crippen molar-refractivity contribution >= 4 is 54.3 Å². The molecule has 1 atom stereocenters. The Balaban J connectivity index is 1.10. The molecule has 0 saturated heterocycles. The maximum atomic E-state index is 6.83. The zero-order valence-corrected chi connectivity index (χ0v) is 27.4. The van der Waals surface area contributed by atoms with Crippen molar-refractivity contribution in [3.05, 3.63) is 205 Å². The third kappa shape index (κ3) is 4.63. The summed E-state index contributed by atoms with van der Waals surface area (Å²) < 4.78 is 6.83. The Labute approximate surface area is 290 Å². The lowest BCUT2D eigenvalue weighted by atomic mass is 9.83. The number of fused-ring (bicyclic) bond motifs is 8. The number of hydrogen-bond acceptors (Lipinski definition) is 1. The van der Waals surface area contributed by atoms with Gasteiger partial charge in [-0.15, -0.1) is 0 Å². The van der Waals surface area contributed by atoms with Crippen molar-refractivity contribution in [1.29, 1.82) is 0 Å². The molecule has 0 aliphatic carbocycles. The molecule has 0 amide bonds. The van der Waals surface area contributed by atoms with Crippen LogP contribution in [0.25, 0.3) is 76.5 Å². The Bertz CT molecular complexity index is 2840. The van der Waals surface area contributed by atoms with E-state index in [1.807, 2.05) is 0 Å². The van der Waals surface area contributed by atoms with Crippen LogP contribution in [0.3, 0.4) is 0 Å². The monoisotopic (exact) mass is 636 g/mol. The van der Waals surface area contributed by atoms with E-state index >= 15 is 0 Å². The van der Waals surface area contributed by atoms with E-state index in [-0.39, 0.29) is 5.92 Å². The van der Waals surface area contributed by atoms with Gasteiger partial charge in [0.25, 0.3) is 0 Å². The van der Waals surface area contributed by atoms with Crippen LogP contribution in [0.1, 0.15) is 22.6 Å². The van der Waals surface area contributed by atoms with E-state index in [1.54, 1.807) is 0 Å². The topological polar surface area (TPSA) is 13.1 Å². The highest BCUT2D eigenvalue weighted by Crippen LogP contribution is 2.43. The molecule has 1 heterocycles. The van der Waals surface area contributed by atoms with E-state index < -0.39 is 0 Å². The van der Waals surface area contributed by atoms with Gasteiger partial charge in [0.2, 0.25) is 0 Å². The van der Waals surface area contributed by atoms with E-state index in [0.29, 0.717) is 0 Å². The molecule has 0 saturated carbocycles. The van der Waals surface area contributed by atoms with Crippen LogP contribution in [-0.4, -0.2) is 0 Å². The summed E-state index contributed by atoms with van der Waals surface area (Å²) in [7, 11) is 0. The second kappa shape index (κ2) is 11.6. The van der Waals surface area contributed by atoms with Crippen molar-refractivity contribution in [2.24, 2.45) is 0 Å². The Kier molecular flexibility index (Phi) is 6.63. The van der Waals surface area contributed by atoms with Crippen LogP contribution in [0.5, 0.6) is 0 Å². The molecule has 0 aliphatic heterocycles. The minimum Gasteiger partial charge on any atom is -0.455 e. The number of benzene rings is 9. The second-order valence-corrected chi connectivity index (χ2v) is 13.2. The van der Waals surface area contributed by atoms with Crippen LogP contribution in [0.15, 0.2) is 192 Å². The molecule has 50 heavy (non-hydrogen) atoms. The van der Waals surface area contributed by atoms with Crippen LogP contribution < -0.4 is 0 Å². The summed E-state index contributed by atoms with van der Waals surface area (Å²) in [5.74, 6) is 0.103. The number of para-hydroxylation sites is 1. The van der Waals surface area contributed by atoms with Gasteiger partial charge in [-0.05, 0) is 66.4 Å². The Hall–Kier alpha value is -6.44. The van der Waals surface area contributed by atoms with Crippen molar-refractivity contribution in [3.8, 4) is 22.3 Å². The molecular weight excluding hydrogens is 605 g/mol. The van der Waals surface area contributed by atoms with Crippen LogP contribution >= 0.6 is 0 Å². The highest BCUT2D eigenvalue weighted by Gasteiger charge is 2.20. The summed E-state index contributed by atoms with van der Waals surface area (Å²) in [4.78, 5) is 0. The fourth-order valence-corrected chi connectivity index (χ4v) is 7.99. The van der Waals surface area contributed by atoms with Gasteiger partial charge in [0.15, 0.2) is 0 Å². The van der Waals surface area contributed by atoms with E-state index in [2.05, 4.69) is 188 Å². The predicted octanol–water partition coefficient (Wildman–Crippen LogP) is 13.6. The Morgan fingerprint density at radius 1 is 0.300 bits per heavy atom. The molecule has 9 aromatic carbocycles. The molecule has 0 N–H and O–H groups in total. The van der Waals surface area contributed by atoms with E-state index in [4.69, 9.17) is 4.42 Å². The number of furan rings is 1. The molecule has 0 bridgehead atoms. The first-order chi connectivity index (χ1) is 24.8. The van der Waals surface area contributed by atoms with E-state index in [9.17, 15) is 0 Å². The van der Waals surface area contributed by atoms with Gasteiger partial charge >= 0.3 is 0 Å². The van der Waals surface area contributed by atoms with Gasteiger partial charge in [0, 0.05) is 27.6 Å². The number of hydrogen-bond donors (Lipinski definition) is 0. The van der Waals surface area contributed by atoms with Crippen molar-refractivity contribution < 1.29 is 4.42 Å². The number of rotatable bonds is 5. The van der Waals surface area contributed by atoms with Gasteiger partial charge < -0.3 is 4.42 Å². The van der Waals surface area contributed by atoms with Crippen molar-refractivity contribution in [1.82, 2.24) is 0 Å². The maximum absolute atomic E-state index is 6.83. The van der Waals surface area contributed by atoms with Crippen LogP contribution in [-0.2, 0) is 0 Å². The molecule has 1 nitrogen and oxygen atoms in total.